The first-order valence-corrected chi connectivity index (χ1v) is 8.66. The Morgan fingerprint density at radius 1 is 1.26 bits per heavy atom. The van der Waals surface area contributed by atoms with Crippen LogP contribution in [0.1, 0.15) is 22.5 Å². The van der Waals surface area contributed by atoms with Crippen molar-refractivity contribution in [2.24, 2.45) is 14.1 Å². The van der Waals surface area contributed by atoms with E-state index in [0.717, 1.165) is 10.3 Å². The Morgan fingerprint density at radius 2 is 2.00 bits per heavy atom. The number of hydrogen-bond acceptors (Lipinski definition) is 6. The molecular formula is C18H23N5O4. The van der Waals surface area contributed by atoms with Gasteiger partial charge in [-0.15, -0.1) is 0 Å². The molecule has 1 saturated heterocycles. The predicted molar refractivity (Wildman–Crippen MR) is 101 cm³/mol. The van der Waals surface area contributed by atoms with Crippen molar-refractivity contribution >= 4 is 11.7 Å². The summed E-state index contributed by atoms with van der Waals surface area (Å²) in [6, 6.07) is 4.78. The third kappa shape index (κ3) is 3.57. The molecule has 9 nitrogen and oxygen atoms in total. The SMILES string of the molecule is COc1nc(C)ccc1C(=O)N[C@@H]1CCN(c2cc(=O)n(C)c(=O)n2C)C1. The predicted octanol–water partition coefficient (Wildman–Crippen LogP) is -0.195. The summed E-state index contributed by atoms with van der Waals surface area (Å²) in [4.78, 5) is 42.8. The third-order valence-electron chi connectivity index (χ3n) is 4.79. The molecule has 1 aliphatic heterocycles. The molecule has 0 radical (unpaired) electrons. The molecule has 3 rings (SSSR count). The molecule has 0 aromatic carbocycles. The minimum absolute atomic E-state index is 0.109. The smallest absolute Gasteiger partial charge is 0.332 e. The van der Waals surface area contributed by atoms with Gasteiger partial charge in [0, 0.05) is 45.0 Å². The molecule has 27 heavy (non-hydrogen) atoms. The molecule has 0 unspecified atom stereocenters. The number of anilines is 1. The highest BCUT2D eigenvalue weighted by Crippen LogP contribution is 2.19. The van der Waals surface area contributed by atoms with Crippen molar-refractivity contribution < 1.29 is 9.53 Å². The van der Waals surface area contributed by atoms with Gasteiger partial charge in [-0.05, 0) is 25.5 Å². The molecule has 1 N–H and O–H groups in total. The molecule has 2 aromatic rings. The van der Waals surface area contributed by atoms with Crippen LogP contribution in [0.4, 0.5) is 5.82 Å². The van der Waals surface area contributed by atoms with Crippen molar-refractivity contribution in [2.45, 2.75) is 19.4 Å². The van der Waals surface area contributed by atoms with Crippen LogP contribution in [0.3, 0.4) is 0 Å². The molecule has 0 aliphatic carbocycles. The van der Waals surface area contributed by atoms with E-state index >= 15 is 0 Å². The lowest BCUT2D eigenvalue weighted by molar-refractivity contribution is 0.0936. The molecule has 0 saturated carbocycles. The van der Waals surface area contributed by atoms with E-state index in [1.54, 1.807) is 19.2 Å². The monoisotopic (exact) mass is 373 g/mol. The highest BCUT2D eigenvalue weighted by atomic mass is 16.5. The molecule has 1 fully saturated rings. The fourth-order valence-electron chi connectivity index (χ4n) is 3.24. The number of methoxy groups -OCH3 is 1. The number of aromatic nitrogens is 3. The minimum atomic E-state index is -0.375. The van der Waals surface area contributed by atoms with E-state index in [0.29, 0.717) is 30.9 Å². The Bertz CT molecular complexity index is 994. The molecule has 1 atom stereocenters. The largest absolute Gasteiger partial charge is 0.480 e. The van der Waals surface area contributed by atoms with Gasteiger partial charge in [0.05, 0.1) is 7.11 Å². The van der Waals surface area contributed by atoms with Gasteiger partial charge in [0.15, 0.2) is 0 Å². The quantitative estimate of drug-likeness (QED) is 0.797. The van der Waals surface area contributed by atoms with Gasteiger partial charge in [-0.2, -0.15) is 0 Å². The van der Waals surface area contributed by atoms with E-state index in [1.807, 2.05) is 11.8 Å². The van der Waals surface area contributed by atoms with Crippen molar-refractivity contribution in [3.8, 4) is 5.88 Å². The minimum Gasteiger partial charge on any atom is -0.480 e. The second-order valence-electron chi connectivity index (χ2n) is 6.66. The Hall–Kier alpha value is -3.10. The number of nitrogens with one attached hydrogen (secondary N) is 1. The molecule has 1 amide bonds. The summed E-state index contributed by atoms with van der Waals surface area (Å²) in [5.74, 6) is 0.579. The molecule has 2 aromatic heterocycles. The van der Waals surface area contributed by atoms with Gasteiger partial charge >= 0.3 is 5.69 Å². The van der Waals surface area contributed by atoms with Crippen LogP contribution in [0.15, 0.2) is 27.8 Å². The summed E-state index contributed by atoms with van der Waals surface area (Å²) in [5.41, 5.74) is 0.418. The Morgan fingerprint density at radius 3 is 2.70 bits per heavy atom. The van der Waals surface area contributed by atoms with Crippen LogP contribution in [0.25, 0.3) is 0 Å². The molecule has 144 valence electrons. The third-order valence-corrected chi connectivity index (χ3v) is 4.79. The molecule has 1 aliphatic rings. The normalized spacial score (nSPS) is 16.4. The average molecular weight is 373 g/mol. The van der Waals surface area contributed by atoms with Gasteiger partial charge in [-0.3, -0.25) is 18.7 Å². The van der Waals surface area contributed by atoms with Gasteiger partial charge < -0.3 is 15.0 Å². The lowest BCUT2D eigenvalue weighted by Crippen LogP contribution is -2.41. The number of carbonyl (C=O) groups excluding carboxylic acids is 1. The molecule has 3 heterocycles. The maximum absolute atomic E-state index is 12.6. The maximum atomic E-state index is 12.6. The van der Waals surface area contributed by atoms with E-state index in [9.17, 15) is 14.4 Å². The molecule has 9 heteroatoms. The second-order valence-corrected chi connectivity index (χ2v) is 6.66. The number of ether oxygens (including phenoxy) is 1. The number of carbonyl (C=O) groups is 1. The van der Waals surface area contributed by atoms with Gasteiger partial charge in [0.25, 0.3) is 11.5 Å². The number of hydrogen-bond donors (Lipinski definition) is 1. The maximum Gasteiger partial charge on any atom is 0.332 e. The number of aryl methyl sites for hydroxylation is 1. The van der Waals surface area contributed by atoms with Crippen LogP contribution in [-0.2, 0) is 14.1 Å². The van der Waals surface area contributed by atoms with Gasteiger partial charge in [0.1, 0.15) is 11.4 Å². The average Bonchev–Trinajstić information content (AvgIpc) is 3.10. The van der Waals surface area contributed by atoms with Gasteiger partial charge in [0.2, 0.25) is 5.88 Å². The standard InChI is InChI=1S/C18H23N5O4/c1-11-5-6-13(17(19-11)27-4)16(25)20-12-7-8-23(10-12)14-9-15(24)22(3)18(26)21(14)2/h5-6,9,12H,7-8,10H2,1-4H3,(H,20,25)/t12-/m1/s1. The van der Waals surface area contributed by atoms with Crippen LogP contribution in [0.5, 0.6) is 5.88 Å². The van der Waals surface area contributed by atoms with Crippen molar-refractivity contribution in [3.05, 3.63) is 50.3 Å². The first kappa shape index (κ1) is 18.7. The first-order valence-electron chi connectivity index (χ1n) is 8.66. The fraction of sp³-hybridized carbons (Fsp3) is 0.444. The number of rotatable bonds is 4. The Balaban J connectivity index is 1.75. The zero-order chi connectivity index (χ0) is 19.7. The van der Waals surface area contributed by atoms with Crippen molar-refractivity contribution in [3.63, 3.8) is 0 Å². The molecular weight excluding hydrogens is 350 g/mol. The van der Waals surface area contributed by atoms with E-state index < -0.39 is 0 Å². The Labute approximate surface area is 156 Å². The first-order chi connectivity index (χ1) is 12.8. The van der Waals surface area contributed by atoms with E-state index in [1.165, 1.54) is 24.8 Å². The van der Waals surface area contributed by atoms with E-state index in [4.69, 9.17) is 4.74 Å². The van der Waals surface area contributed by atoms with Crippen molar-refractivity contribution in [1.29, 1.82) is 0 Å². The highest BCUT2D eigenvalue weighted by Gasteiger charge is 2.27. The van der Waals surface area contributed by atoms with E-state index in [-0.39, 0.29) is 29.1 Å². The lowest BCUT2D eigenvalue weighted by atomic mass is 10.2. The topological polar surface area (TPSA) is 98.5 Å². The zero-order valence-electron chi connectivity index (χ0n) is 15.9. The summed E-state index contributed by atoms with van der Waals surface area (Å²) in [5, 5.41) is 2.98. The molecule has 0 spiro atoms. The summed E-state index contributed by atoms with van der Waals surface area (Å²) >= 11 is 0. The van der Waals surface area contributed by atoms with Crippen molar-refractivity contribution in [2.75, 3.05) is 25.1 Å². The number of pyridine rings is 1. The number of nitrogens with zero attached hydrogens (tertiary/aromatic N) is 4. The summed E-state index contributed by atoms with van der Waals surface area (Å²) in [6.45, 7) is 2.97. The lowest BCUT2D eigenvalue weighted by Gasteiger charge is -2.21. The highest BCUT2D eigenvalue weighted by molar-refractivity contribution is 5.96. The van der Waals surface area contributed by atoms with Gasteiger partial charge in [-0.1, -0.05) is 0 Å². The van der Waals surface area contributed by atoms with Crippen molar-refractivity contribution in [1.82, 2.24) is 19.4 Å². The van der Waals surface area contributed by atoms with E-state index in [2.05, 4.69) is 10.3 Å². The van der Waals surface area contributed by atoms with Crippen LogP contribution in [0, 0.1) is 6.92 Å². The van der Waals surface area contributed by atoms with Crippen LogP contribution < -0.4 is 26.2 Å². The summed E-state index contributed by atoms with van der Waals surface area (Å²) < 4.78 is 7.71. The van der Waals surface area contributed by atoms with Gasteiger partial charge in [-0.25, -0.2) is 9.78 Å². The Kier molecular flexibility index (Phi) is 5.02. The summed E-state index contributed by atoms with van der Waals surface area (Å²) in [6.07, 6.45) is 0.705. The molecule has 0 bridgehead atoms. The van der Waals surface area contributed by atoms with Crippen LogP contribution >= 0.6 is 0 Å². The fourth-order valence-corrected chi connectivity index (χ4v) is 3.24. The second kappa shape index (κ2) is 7.26. The van der Waals surface area contributed by atoms with Crippen LogP contribution in [0.2, 0.25) is 0 Å². The number of amides is 1. The summed E-state index contributed by atoms with van der Waals surface area (Å²) in [7, 11) is 4.56. The zero-order valence-corrected chi connectivity index (χ0v) is 15.9. The van der Waals surface area contributed by atoms with Crippen LogP contribution in [-0.4, -0.2) is 46.3 Å².